The van der Waals surface area contributed by atoms with E-state index in [2.05, 4.69) is 72.0 Å². The Morgan fingerprint density at radius 3 is 0.667 bits per heavy atom. The van der Waals surface area contributed by atoms with Gasteiger partial charge in [-0.25, -0.2) is 9.97 Å². The molecule has 0 aliphatic heterocycles. The van der Waals surface area contributed by atoms with E-state index < -0.39 is 23.6 Å². The van der Waals surface area contributed by atoms with Crippen molar-refractivity contribution in [2.24, 2.45) is 0 Å². The van der Waals surface area contributed by atoms with E-state index >= 15 is 0 Å². The lowest BCUT2D eigenvalue weighted by Gasteiger charge is -2.14. The first-order chi connectivity index (χ1) is 34.6. The van der Waals surface area contributed by atoms with Crippen LogP contribution in [0, 0.1) is 0 Å². The predicted octanol–water partition coefficient (Wildman–Crippen LogP) is 3.87. The molecule has 428 valence electrons. The predicted molar refractivity (Wildman–Crippen MR) is 299 cm³/mol. The van der Waals surface area contributed by atoms with Crippen LogP contribution in [0.3, 0.4) is 0 Å². The SMILES string of the molecule is CC(C)(C)c1cc(NC(=O)c2cc(-c3cc(C(=O)Nc4cc(C(C)(C)C)[nH]n4)nc(C(=O)Nc4cc(C(C)(C)C)[nH]n4)c3)cc(C(=O)Nc3cc(C(C)(C)C)[nH]n3)n2)n[nH]1.CN(C)C=O.CN(C)C=O.CN(C)C=O.O.O.O. The molecule has 14 N–H and O–H groups in total. The van der Waals surface area contributed by atoms with Gasteiger partial charge in [0.2, 0.25) is 19.2 Å². The molecule has 0 radical (unpaired) electrons. The topological polar surface area (TPSA) is 412 Å². The minimum absolute atomic E-state index is 0. The Kier molecular flexibility index (Phi) is 25.8. The second kappa shape index (κ2) is 29.0. The number of anilines is 4. The first-order valence-corrected chi connectivity index (χ1v) is 23.5. The molecule has 0 aliphatic carbocycles. The van der Waals surface area contributed by atoms with Crippen molar-refractivity contribution in [1.82, 2.24) is 65.5 Å². The van der Waals surface area contributed by atoms with Crippen molar-refractivity contribution in [2.75, 3.05) is 63.6 Å². The van der Waals surface area contributed by atoms with Crippen LogP contribution < -0.4 is 21.3 Å². The highest BCUT2D eigenvalue weighted by Gasteiger charge is 2.25. The summed E-state index contributed by atoms with van der Waals surface area (Å²) in [5.74, 6) is -1.68. The lowest BCUT2D eigenvalue weighted by molar-refractivity contribution is -0.116. The number of pyridine rings is 2. The van der Waals surface area contributed by atoms with Crippen molar-refractivity contribution in [3.05, 3.63) is 94.1 Å². The number of hydrogen-bond acceptors (Lipinski definition) is 13. The summed E-state index contributed by atoms with van der Waals surface area (Å²) in [5, 5.41) is 39.7. The number of aromatic nitrogens is 10. The Bertz CT molecular complexity index is 2550. The van der Waals surface area contributed by atoms with E-state index in [1.165, 1.54) is 39.0 Å². The average Bonchev–Trinajstić information content (AvgIpc) is 4.17. The molecule has 27 nitrogen and oxygen atoms in total. The second-order valence-corrected chi connectivity index (χ2v) is 21.9. The van der Waals surface area contributed by atoms with Gasteiger partial charge in [0.25, 0.3) is 23.6 Å². The zero-order valence-corrected chi connectivity index (χ0v) is 47.7. The van der Waals surface area contributed by atoms with E-state index in [9.17, 15) is 33.6 Å². The van der Waals surface area contributed by atoms with E-state index in [1.807, 2.05) is 83.1 Å². The first kappa shape index (κ1) is 69.3. The highest BCUT2D eigenvalue weighted by atomic mass is 16.2. The molecule has 6 heterocycles. The second-order valence-electron chi connectivity index (χ2n) is 21.9. The van der Waals surface area contributed by atoms with Crippen molar-refractivity contribution >= 4 is 66.1 Å². The number of H-pyrrole nitrogens is 4. The number of rotatable bonds is 12. The third-order valence-electron chi connectivity index (χ3n) is 10.1. The molecule has 78 heavy (non-hydrogen) atoms. The number of nitrogens with zero attached hydrogens (tertiary/aromatic N) is 9. The van der Waals surface area contributed by atoms with Gasteiger partial charge in [0.1, 0.15) is 22.8 Å². The van der Waals surface area contributed by atoms with E-state index in [0.717, 1.165) is 42.0 Å². The molecule has 0 saturated carbocycles. The lowest BCUT2D eigenvalue weighted by Crippen LogP contribution is -2.20. The average molecular weight is 1090 g/mol. The molecule has 6 aromatic rings. The molecule has 0 spiro atoms. The molecule has 0 bridgehead atoms. The maximum absolute atomic E-state index is 13.9. The minimum Gasteiger partial charge on any atom is -0.412 e. The molecule has 6 rings (SSSR count). The van der Waals surface area contributed by atoms with Gasteiger partial charge in [0.05, 0.1) is 0 Å². The minimum atomic E-state index is -0.668. The summed E-state index contributed by atoms with van der Waals surface area (Å²) < 4.78 is 0. The molecule has 6 aromatic heterocycles. The first-order valence-electron chi connectivity index (χ1n) is 23.5. The Hall–Kier alpha value is -8.69. The van der Waals surface area contributed by atoms with Gasteiger partial charge in [0.15, 0.2) is 23.3 Å². The summed E-state index contributed by atoms with van der Waals surface area (Å²) in [6.07, 6.45) is 2.25. The Morgan fingerprint density at radius 1 is 0.372 bits per heavy atom. The fraction of sp³-hybridized carbons (Fsp3) is 0.431. The largest absolute Gasteiger partial charge is 0.412 e. The van der Waals surface area contributed by atoms with Crippen LogP contribution in [-0.2, 0) is 36.0 Å². The number of aromatic amines is 4. The fourth-order valence-electron chi connectivity index (χ4n) is 5.66. The van der Waals surface area contributed by atoms with Crippen molar-refractivity contribution in [3.63, 3.8) is 0 Å². The number of carbonyl (C=O) groups is 7. The smallest absolute Gasteiger partial charge is 0.275 e. The third kappa shape index (κ3) is 21.5. The lowest BCUT2D eigenvalue weighted by atomic mass is 9.92. The van der Waals surface area contributed by atoms with Crippen LogP contribution >= 0.6 is 0 Å². The van der Waals surface area contributed by atoms with E-state index in [0.29, 0.717) is 0 Å². The highest BCUT2D eigenvalue weighted by molar-refractivity contribution is 6.09. The van der Waals surface area contributed by atoms with E-state index in [4.69, 9.17) is 0 Å². The van der Waals surface area contributed by atoms with Gasteiger partial charge in [0, 0.05) is 111 Å². The van der Waals surface area contributed by atoms with Crippen molar-refractivity contribution < 1.29 is 50.0 Å². The van der Waals surface area contributed by atoms with Crippen molar-refractivity contribution in [1.29, 1.82) is 0 Å². The number of hydrogen-bond donors (Lipinski definition) is 8. The van der Waals surface area contributed by atoms with Crippen LogP contribution in [0.15, 0.2) is 48.5 Å². The number of carbonyl (C=O) groups excluding carboxylic acids is 7. The van der Waals surface area contributed by atoms with Crippen LogP contribution in [0.5, 0.6) is 0 Å². The van der Waals surface area contributed by atoms with Crippen LogP contribution in [0.4, 0.5) is 23.3 Å². The van der Waals surface area contributed by atoms with Gasteiger partial charge in [-0.15, -0.1) is 0 Å². The third-order valence-corrected chi connectivity index (χ3v) is 10.1. The molecule has 0 saturated heterocycles. The number of nitrogens with one attached hydrogen (secondary N) is 8. The van der Waals surface area contributed by atoms with Crippen LogP contribution in [-0.4, -0.2) is 167 Å². The zero-order chi connectivity index (χ0) is 56.8. The maximum Gasteiger partial charge on any atom is 0.275 e. The Balaban J connectivity index is 0.00000291. The maximum atomic E-state index is 13.9. The van der Waals surface area contributed by atoms with Gasteiger partial charge < -0.3 is 52.4 Å². The molecule has 27 heteroatoms. The fourth-order valence-corrected chi connectivity index (χ4v) is 5.66. The summed E-state index contributed by atoms with van der Waals surface area (Å²) >= 11 is 0. The normalized spacial score (nSPS) is 10.7. The summed E-state index contributed by atoms with van der Waals surface area (Å²) in [5.41, 5.74) is 2.00. The van der Waals surface area contributed by atoms with Gasteiger partial charge in [-0.05, 0) is 35.4 Å². The highest BCUT2D eigenvalue weighted by Crippen LogP contribution is 2.29. The molecule has 0 fully saturated rings. The molecular formula is C51H79N17O10. The molecule has 0 aromatic carbocycles. The summed E-state index contributed by atoms with van der Waals surface area (Å²) in [7, 11) is 10.1. The van der Waals surface area contributed by atoms with Gasteiger partial charge in [-0.1, -0.05) is 83.1 Å². The molecule has 0 aliphatic rings. The summed E-state index contributed by atoms with van der Waals surface area (Å²) in [6.45, 7) is 24.0. The Morgan fingerprint density at radius 2 is 0.538 bits per heavy atom. The Labute approximate surface area is 453 Å². The van der Waals surface area contributed by atoms with Crippen LogP contribution in [0.25, 0.3) is 11.1 Å². The van der Waals surface area contributed by atoms with Gasteiger partial charge in [-0.3, -0.25) is 54.0 Å². The van der Waals surface area contributed by atoms with Gasteiger partial charge >= 0.3 is 0 Å². The number of amides is 7. The molecular weight excluding hydrogens is 1010 g/mol. The van der Waals surface area contributed by atoms with Crippen molar-refractivity contribution in [2.45, 2.75) is 105 Å². The van der Waals surface area contributed by atoms with Crippen LogP contribution in [0.2, 0.25) is 0 Å². The van der Waals surface area contributed by atoms with Gasteiger partial charge in [-0.2, -0.15) is 20.4 Å². The summed E-state index contributed by atoms with van der Waals surface area (Å²) in [4.78, 5) is 97.0. The molecule has 0 atom stereocenters. The zero-order valence-electron chi connectivity index (χ0n) is 47.7. The standard InChI is InChI=1S/C42H52N14O4.3C3H7NO.3H2O/c1-39(2,3)27-17-31(53-49-27)45-35(57)23-13-21(14-24(43-23)36(58)46-32-18-28(50-54-32)40(4,5)6)22-15-25(37(59)47-33-19-29(51-55-33)41(7,8)9)44-26(16-22)38(60)48-34-20-30(52-56-34)42(10,11)12;3*1-4(2)3-5;;;/h13-20H,1-12H3,(H2,45,49,53,57)(H2,46,50,54,58)(H2,47,51,55,59)(H2,48,52,56,60);3*3H,1-2H3;3*1H2. The van der Waals surface area contributed by atoms with Crippen LogP contribution in [0.1, 0.15) is 148 Å². The molecule has 7 amide bonds. The van der Waals surface area contributed by atoms with E-state index in [1.54, 1.807) is 66.6 Å². The summed E-state index contributed by atoms with van der Waals surface area (Å²) in [6, 6.07) is 12.6. The molecule has 0 unspecified atom stereocenters. The monoisotopic (exact) mass is 1090 g/mol. The van der Waals surface area contributed by atoms with Crippen molar-refractivity contribution in [3.8, 4) is 11.1 Å². The van der Waals surface area contributed by atoms with E-state index in [-0.39, 0.29) is 95.3 Å². The quantitative estimate of drug-likeness (QED) is 0.0808.